The molecule has 3 N–H and O–H groups in total. The van der Waals surface area contributed by atoms with Gasteiger partial charge in [-0.1, -0.05) is 44.4 Å². The highest BCUT2D eigenvalue weighted by molar-refractivity contribution is 5.92. The fourth-order valence-electron chi connectivity index (χ4n) is 5.46. The number of aromatic nitrogens is 4. The van der Waals surface area contributed by atoms with Crippen LogP contribution >= 0.6 is 0 Å². The molecule has 2 aromatic heterocycles. The summed E-state index contributed by atoms with van der Waals surface area (Å²) in [5, 5.41) is 14.3. The summed E-state index contributed by atoms with van der Waals surface area (Å²) < 4.78 is 45.4. The van der Waals surface area contributed by atoms with Crippen molar-refractivity contribution in [2.24, 2.45) is 7.05 Å². The first kappa shape index (κ1) is 33.9. The van der Waals surface area contributed by atoms with Crippen molar-refractivity contribution < 1.29 is 22.7 Å². The number of halogens is 3. The van der Waals surface area contributed by atoms with Crippen LogP contribution in [0.1, 0.15) is 55.7 Å². The Morgan fingerprint density at radius 1 is 1.11 bits per heavy atom. The zero-order chi connectivity index (χ0) is 32.4. The second-order valence-electron chi connectivity index (χ2n) is 11.1. The van der Waals surface area contributed by atoms with Crippen molar-refractivity contribution in [1.29, 1.82) is 0 Å². The summed E-state index contributed by atoms with van der Waals surface area (Å²) >= 11 is 0. The van der Waals surface area contributed by atoms with Crippen LogP contribution in [0.5, 0.6) is 0 Å². The Labute approximate surface area is 262 Å². The number of carbonyl (C=O) groups is 1. The van der Waals surface area contributed by atoms with Crippen LogP contribution in [0.15, 0.2) is 48.7 Å². The average Bonchev–Trinajstić information content (AvgIpc) is 3.40. The zero-order valence-electron chi connectivity index (χ0n) is 26.3. The molecule has 0 unspecified atom stereocenters. The number of hydrogen-bond donors (Lipinski definition) is 3. The number of fused-ring (bicyclic) bond motifs is 1. The number of nitrogens with one attached hydrogen (secondary N) is 3. The first-order chi connectivity index (χ1) is 21.6. The molecule has 0 saturated heterocycles. The van der Waals surface area contributed by atoms with E-state index in [1.807, 2.05) is 19.1 Å². The highest BCUT2D eigenvalue weighted by Crippen LogP contribution is 2.31. The number of nitrogens with zero attached hydrogens (tertiary/aromatic N) is 4. The van der Waals surface area contributed by atoms with E-state index in [4.69, 9.17) is 4.74 Å². The number of aryl methyl sites for hydroxylation is 2. The lowest BCUT2D eigenvalue weighted by Gasteiger charge is -2.22. The minimum atomic E-state index is -4.46. The fourth-order valence-corrected chi connectivity index (χ4v) is 5.46. The van der Waals surface area contributed by atoms with Crippen LogP contribution < -0.4 is 16.0 Å². The standard InChI is InChI=1S/C24H23F3N6O.C9H19NO/c1-4-15-10-16(11-17-13-29-23(28-2)31-22(15)17)19-12-20(32-33(19)3)30-21(34)9-14-6-5-7-18(8-14)24(25,26)27;1-11-8-7-10-9-5-3-2-4-6-9/h5-8,10-13H,4,9H2,1-3H3,(H,28,29,31)(H,30,32,34);9-10H,2-8H2,1H3. The number of benzene rings is 2. The zero-order valence-corrected chi connectivity index (χ0v) is 26.3. The van der Waals surface area contributed by atoms with E-state index < -0.39 is 17.6 Å². The second kappa shape index (κ2) is 15.8. The third kappa shape index (κ3) is 9.48. The summed E-state index contributed by atoms with van der Waals surface area (Å²) in [6.07, 6.45) is 4.84. The largest absolute Gasteiger partial charge is 0.416 e. The maximum absolute atomic E-state index is 12.9. The van der Waals surface area contributed by atoms with Crippen molar-refractivity contribution in [3.05, 3.63) is 65.4 Å². The van der Waals surface area contributed by atoms with Crippen molar-refractivity contribution in [2.45, 2.75) is 64.1 Å². The van der Waals surface area contributed by atoms with Gasteiger partial charge < -0.3 is 20.7 Å². The van der Waals surface area contributed by atoms with E-state index >= 15 is 0 Å². The molecule has 0 aliphatic heterocycles. The monoisotopic (exact) mass is 625 g/mol. The van der Waals surface area contributed by atoms with Gasteiger partial charge in [0.2, 0.25) is 11.9 Å². The molecule has 242 valence electrons. The molecule has 0 radical (unpaired) electrons. The molecule has 1 saturated carbocycles. The van der Waals surface area contributed by atoms with Crippen molar-refractivity contribution >= 4 is 28.6 Å². The Balaban J connectivity index is 0.000000354. The van der Waals surface area contributed by atoms with Crippen molar-refractivity contribution in [2.75, 3.05) is 37.9 Å². The highest BCUT2D eigenvalue weighted by atomic mass is 19.4. The van der Waals surface area contributed by atoms with Gasteiger partial charge in [-0.3, -0.25) is 9.48 Å². The molecule has 1 fully saturated rings. The number of methoxy groups -OCH3 is 1. The Morgan fingerprint density at radius 2 is 1.89 bits per heavy atom. The molecule has 12 heteroatoms. The van der Waals surface area contributed by atoms with Crippen LogP contribution in [-0.2, 0) is 35.6 Å². The SMILES string of the molecule is CCc1cc(-c2cc(NC(=O)Cc3cccc(C(F)(F)F)c3)nn2C)cc2cnc(NC)nc12.COCCNC1CCCCC1. The highest BCUT2D eigenvalue weighted by Gasteiger charge is 2.30. The van der Waals surface area contributed by atoms with Gasteiger partial charge in [-0.2, -0.15) is 18.3 Å². The molecule has 0 spiro atoms. The average molecular weight is 626 g/mol. The van der Waals surface area contributed by atoms with E-state index in [0.717, 1.165) is 65.5 Å². The third-order valence-corrected chi connectivity index (χ3v) is 7.77. The summed E-state index contributed by atoms with van der Waals surface area (Å²) in [5.74, 6) is 0.403. The van der Waals surface area contributed by atoms with Crippen LogP contribution in [-0.4, -0.2) is 59.0 Å². The Morgan fingerprint density at radius 3 is 2.58 bits per heavy atom. The number of amides is 1. The molecular formula is C33H42F3N7O2. The minimum Gasteiger partial charge on any atom is -0.383 e. The minimum absolute atomic E-state index is 0.197. The van der Waals surface area contributed by atoms with Gasteiger partial charge in [0.25, 0.3) is 0 Å². The number of carbonyl (C=O) groups excluding carboxylic acids is 1. The molecular weight excluding hydrogens is 583 g/mol. The van der Waals surface area contributed by atoms with Crippen LogP contribution in [0.25, 0.3) is 22.2 Å². The van der Waals surface area contributed by atoms with Crippen LogP contribution in [0, 0.1) is 0 Å². The molecule has 9 nitrogen and oxygen atoms in total. The summed E-state index contributed by atoms with van der Waals surface area (Å²) in [7, 11) is 5.27. The molecule has 0 bridgehead atoms. The molecule has 1 aliphatic carbocycles. The number of anilines is 2. The summed E-state index contributed by atoms with van der Waals surface area (Å²) in [6.45, 7) is 3.90. The summed E-state index contributed by atoms with van der Waals surface area (Å²) in [6, 6.07) is 11.2. The Hall–Kier alpha value is -4.03. The number of hydrogen-bond acceptors (Lipinski definition) is 7. The molecule has 0 atom stereocenters. The lowest BCUT2D eigenvalue weighted by atomic mass is 9.96. The maximum atomic E-state index is 12.9. The molecule has 4 aromatic rings. The van der Waals surface area contributed by atoms with E-state index in [1.54, 1.807) is 38.2 Å². The molecule has 1 aliphatic rings. The smallest absolute Gasteiger partial charge is 0.383 e. The predicted octanol–water partition coefficient (Wildman–Crippen LogP) is 6.39. The second-order valence-corrected chi connectivity index (χ2v) is 11.1. The van der Waals surface area contributed by atoms with Crippen molar-refractivity contribution in [3.8, 4) is 11.3 Å². The normalized spacial score (nSPS) is 13.8. The van der Waals surface area contributed by atoms with E-state index in [1.165, 1.54) is 44.2 Å². The van der Waals surface area contributed by atoms with Gasteiger partial charge >= 0.3 is 6.18 Å². The molecule has 45 heavy (non-hydrogen) atoms. The van der Waals surface area contributed by atoms with Crippen LogP contribution in [0.2, 0.25) is 0 Å². The number of ether oxygens (including phenoxy) is 1. The van der Waals surface area contributed by atoms with Gasteiger partial charge in [-0.15, -0.1) is 0 Å². The van der Waals surface area contributed by atoms with E-state index in [9.17, 15) is 18.0 Å². The van der Waals surface area contributed by atoms with Gasteiger partial charge in [-0.25, -0.2) is 9.97 Å². The van der Waals surface area contributed by atoms with E-state index in [2.05, 4.69) is 31.0 Å². The lowest BCUT2D eigenvalue weighted by molar-refractivity contribution is -0.137. The van der Waals surface area contributed by atoms with Gasteiger partial charge in [0.15, 0.2) is 5.82 Å². The van der Waals surface area contributed by atoms with Crippen LogP contribution in [0.3, 0.4) is 0 Å². The maximum Gasteiger partial charge on any atom is 0.416 e. The first-order valence-electron chi connectivity index (χ1n) is 15.3. The molecule has 2 aromatic carbocycles. The summed E-state index contributed by atoms with van der Waals surface area (Å²) in [4.78, 5) is 21.3. The van der Waals surface area contributed by atoms with Crippen molar-refractivity contribution in [1.82, 2.24) is 25.1 Å². The van der Waals surface area contributed by atoms with Crippen LogP contribution in [0.4, 0.5) is 24.9 Å². The van der Waals surface area contributed by atoms with E-state index in [-0.39, 0.29) is 12.0 Å². The van der Waals surface area contributed by atoms with E-state index in [0.29, 0.717) is 11.8 Å². The van der Waals surface area contributed by atoms with Gasteiger partial charge in [0, 0.05) is 57.0 Å². The Bertz CT molecular complexity index is 1570. The molecule has 2 heterocycles. The van der Waals surface area contributed by atoms with Crippen molar-refractivity contribution in [3.63, 3.8) is 0 Å². The first-order valence-corrected chi connectivity index (χ1v) is 15.3. The topological polar surface area (TPSA) is 106 Å². The van der Waals surface area contributed by atoms with Gasteiger partial charge in [-0.05, 0) is 48.6 Å². The third-order valence-electron chi connectivity index (χ3n) is 7.77. The molecule has 1 amide bonds. The number of rotatable bonds is 10. The number of alkyl halides is 3. The van der Waals surface area contributed by atoms with Gasteiger partial charge in [0.1, 0.15) is 0 Å². The van der Waals surface area contributed by atoms with Gasteiger partial charge in [0.05, 0.1) is 29.8 Å². The quantitative estimate of drug-likeness (QED) is 0.176. The fraction of sp³-hybridized carbons (Fsp3) is 0.455. The summed E-state index contributed by atoms with van der Waals surface area (Å²) in [5.41, 5.74) is 3.05. The Kier molecular flexibility index (Phi) is 11.9. The predicted molar refractivity (Wildman–Crippen MR) is 171 cm³/mol. The lowest BCUT2D eigenvalue weighted by Crippen LogP contribution is -2.33. The molecule has 5 rings (SSSR count).